The quantitative estimate of drug-likeness (QED) is 0.836. The predicted molar refractivity (Wildman–Crippen MR) is 106 cm³/mol. The molecule has 142 valence electrons. The molecule has 1 aromatic carbocycles. The van der Waals surface area contributed by atoms with Crippen molar-refractivity contribution in [2.45, 2.75) is 45.7 Å². The van der Waals surface area contributed by atoms with Crippen LogP contribution >= 0.6 is 12.4 Å². The Balaban J connectivity index is 0.00000243. The molecular weight excluding hydrogens is 352 g/mol. The first-order chi connectivity index (χ1) is 12.1. The van der Waals surface area contributed by atoms with E-state index < -0.39 is 0 Å². The molecule has 3 rings (SSSR count). The summed E-state index contributed by atoms with van der Waals surface area (Å²) < 4.78 is 1.55. The Kier molecular flexibility index (Phi) is 7.17. The van der Waals surface area contributed by atoms with Crippen LogP contribution in [0.2, 0.25) is 0 Å². The molecule has 1 aliphatic heterocycles. The number of hydrogen-bond donors (Lipinski definition) is 1. The fourth-order valence-electron chi connectivity index (χ4n) is 3.51. The van der Waals surface area contributed by atoms with Crippen LogP contribution in [0.4, 0.5) is 0 Å². The van der Waals surface area contributed by atoms with Gasteiger partial charge in [0.15, 0.2) is 0 Å². The van der Waals surface area contributed by atoms with Crippen molar-refractivity contribution in [1.29, 1.82) is 0 Å². The van der Waals surface area contributed by atoms with Crippen molar-refractivity contribution in [2.75, 3.05) is 19.6 Å². The van der Waals surface area contributed by atoms with Crippen molar-refractivity contribution < 1.29 is 4.79 Å². The van der Waals surface area contributed by atoms with E-state index in [2.05, 4.69) is 17.2 Å². The minimum atomic E-state index is -0.0777. The molecule has 1 amide bonds. The lowest BCUT2D eigenvalue weighted by atomic mass is 10.1. The van der Waals surface area contributed by atoms with E-state index >= 15 is 0 Å². The first-order valence-corrected chi connectivity index (χ1v) is 9.06. The van der Waals surface area contributed by atoms with Gasteiger partial charge in [-0.2, -0.15) is 0 Å². The van der Waals surface area contributed by atoms with Crippen LogP contribution in [0.1, 0.15) is 31.7 Å². The zero-order valence-corrected chi connectivity index (χ0v) is 16.2. The molecule has 1 aromatic heterocycles. The molecule has 1 atom stereocenters. The van der Waals surface area contributed by atoms with Gasteiger partial charge >= 0.3 is 0 Å². The molecule has 0 aliphatic carbocycles. The summed E-state index contributed by atoms with van der Waals surface area (Å²) in [6, 6.07) is 5.89. The van der Waals surface area contributed by atoms with Crippen molar-refractivity contribution in [3.05, 3.63) is 40.4 Å². The summed E-state index contributed by atoms with van der Waals surface area (Å²) in [5, 5.41) is 3.93. The highest BCUT2D eigenvalue weighted by Gasteiger charge is 2.25. The van der Waals surface area contributed by atoms with Gasteiger partial charge in [0.25, 0.3) is 5.56 Å². The highest BCUT2D eigenvalue weighted by molar-refractivity contribution is 5.85. The monoisotopic (exact) mass is 378 g/mol. The summed E-state index contributed by atoms with van der Waals surface area (Å²) in [6.07, 6.45) is 3.84. The number of fused-ring (bicyclic) bond motifs is 1. The smallest absolute Gasteiger partial charge is 0.261 e. The topological polar surface area (TPSA) is 67.2 Å². The van der Waals surface area contributed by atoms with Gasteiger partial charge in [0.1, 0.15) is 0 Å². The van der Waals surface area contributed by atoms with Crippen molar-refractivity contribution in [1.82, 2.24) is 19.8 Å². The van der Waals surface area contributed by atoms with Crippen LogP contribution in [0.5, 0.6) is 0 Å². The van der Waals surface area contributed by atoms with Crippen LogP contribution in [0.25, 0.3) is 10.9 Å². The van der Waals surface area contributed by atoms with Crippen LogP contribution < -0.4 is 10.9 Å². The molecule has 1 saturated heterocycles. The number of aryl methyl sites for hydroxylation is 2. The number of aromatic nitrogens is 2. The summed E-state index contributed by atoms with van der Waals surface area (Å²) in [5.41, 5.74) is 1.64. The minimum absolute atomic E-state index is 0. The number of nitrogens with zero attached hydrogens (tertiary/aromatic N) is 3. The molecule has 26 heavy (non-hydrogen) atoms. The van der Waals surface area contributed by atoms with Gasteiger partial charge in [-0.3, -0.25) is 14.2 Å². The zero-order chi connectivity index (χ0) is 17.8. The number of nitrogens with one attached hydrogen (secondary N) is 1. The second-order valence-corrected chi connectivity index (χ2v) is 6.70. The lowest BCUT2D eigenvalue weighted by Gasteiger charge is -2.28. The maximum absolute atomic E-state index is 12.7. The van der Waals surface area contributed by atoms with E-state index in [0.717, 1.165) is 43.6 Å². The highest BCUT2D eigenvalue weighted by atomic mass is 35.5. The Hall–Kier alpha value is -1.92. The van der Waals surface area contributed by atoms with Gasteiger partial charge in [0.05, 0.1) is 17.2 Å². The summed E-state index contributed by atoms with van der Waals surface area (Å²) in [5.74, 6) is 0.117. The van der Waals surface area contributed by atoms with Gasteiger partial charge in [-0.25, -0.2) is 4.98 Å². The molecule has 1 fully saturated rings. The van der Waals surface area contributed by atoms with E-state index in [1.807, 2.05) is 24.0 Å². The molecule has 1 N–H and O–H groups in total. The SMILES string of the molecule is CCCN(C(=O)CCn1cnc2c(C)cccc2c1=O)C1CCNC1.Cl. The molecule has 6 nitrogen and oxygen atoms in total. The fraction of sp³-hybridized carbons (Fsp3) is 0.526. The van der Waals surface area contributed by atoms with E-state index in [4.69, 9.17) is 0 Å². The Morgan fingerprint density at radius 3 is 2.92 bits per heavy atom. The molecule has 2 aromatic rings. The second kappa shape index (κ2) is 9.14. The number of carbonyl (C=O) groups is 1. The van der Waals surface area contributed by atoms with Crippen molar-refractivity contribution in [3.8, 4) is 0 Å². The fourth-order valence-corrected chi connectivity index (χ4v) is 3.51. The Morgan fingerprint density at radius 2 is 2.23 bits per heavy atom. The summed E-state index contributed by atoms with van der Waals surface area (Å²) >= 11 is 0. The van der Waals surface area contributed by atoms with Crippen molar-refractivity contribution in [2.24, 2.45) is 0 Å². The molecule has 2 heterocycles. The second-order valence-electron chi connectivity index (χ2n) is 6.70. The predicted octanol–water partition coefficient (Wildman–Crippen LogP) is 2.12. The number of benzene rings is 1. The third-order valence-electron chi connectivity index (χ3n) is 4.88. The van der Waals surface area contributed by atoms with E-state index in [1.165, 1.54) is 0 Å². The van der Waals surface area contributed by atoms with Gasteiger partial charge in [-0.15, -0.1) is 12.4 Å². The van der Waals surface area contributed by atoms with E-state index in [9.17, 15) is 9.59 Å². The number of rotatable bonds is 6. The lowest BCUT2D eigenvalue weighted by molar-refractivity contribution is -0.133. The Bertz CT molecular complexity index is 815. The molecule has 0 radical (unpaired) electrons. The number of hydrogen-bond acceptors (Lipinski definition) is 4. The average molecular weight is 379 g/mol. The van der Waals surface area contributed by atoms with Gasteiger partial charge in [0.2, 0.25) is 5.91 Å². The summed E-state index contributed by atoms with van der Waals surface area (Å²) in [7, 11) is 0. The largest absolute Gasteiger partial charge is 0.338 e. The highest BCUT2D eigenvalue weighted by Crippen LogP contribution is 2.13. The molecule has 0 saturated carbocycles. The van der Waals surface area contributed by atoms with Crippen LogP contribution in [0.15, 0.2) is 29.3 Å². The van der Waals surface area contributed by atoms with E-state index in [-0.39, 0.29) is 29.9 Å². The molecule has 0 bridgehead atoms. The third kappa shape index (κ3) is 4.24. The van der Waals surface area contributed by atoms with Crippen LogP contribution in [0, 0.1) is 6.92 Å². The van der Waals surface area contributed by atoms with Gasteiger partial charge in [-0.05, 0) is 37.9 Å². The zero-order valence-electron chi connectivity index (χ0n) is 15.4. The number of carbonyl (C=O) groups excluding carboxylic acids is 1. The maximum atomic E-state index is 12.7. The van der Waals surface area contributed by atoms with Crippen LogP contribution in [-0.2, 0) is 11.3 Å². The van der Waals surface area contributed by atoms with Crippen molar-refractivity contribution in [3.63, 3.8) is 0 Å². The lowest BCUT2D eigenvalue weighted by Crippen LogP contribution is -2.42. The van der Waals surface area contributed by atoms with Gasteiger partial charge in [0, 0.05) is 32.1 Å². The van der Waals surface area contributed by atoms with E-state index in [1.54, 1.807) is 17.0 Å². The standard InChI is InChI=1S/C19H26N4O2.ClH/c1-3-10-23(15-7-9-20-12-15)17(24)8-11-22-13-21-18-14(2)5-4-6-16(18)19(22)25;/h4-6,13,15,20H,3,7-12H2,1-2H3;1H. The summed E-state index contributed by atoms with van der Waals surface area (Å²) in [4.78, 5) is 31.7. The average Bonchev–Trinajstić information content (AvgIpc) is 3.14. The first-order valence-electron chi connectivity index (χ1n) is 9.06. The minimum Gasteiger partial charge on any atom is -0.338 e. The van der Waals surface area contributed by atoms with Crippen LogP contribution in [0.3, 0.4) is 0 Å². The number of amides is 1. The molecule has 7 heteroatoms. The first kappa shape index (κ1) is 20.4. The normalized spacial score (nSPS) is 16.5. The van der Waals surface area contributed by atoms with Crippen molar-refractivity contribution >= 4 is 29.2 Å². The summed E-state index contributed by atoms with van der Waals surface area (Å²) in [6.45, 7) is 7.00. The maximum Gasteiger partial charge on any atom is 0.261 e. The Labute approximate surface area is 160 Å². The Morgan fingerprint density at radius 1 is 1.42 bits per heavy atom. The molecular formula is C19H27ClN4O2. The molecule has 0 spiro atoms. The van der Waals surface area contributed by atoms with Crippen LogP contribution in [-0.4, -0.2) is 46.0 Å². The van der Waals surface area contributed by atoms with E-state index in [0.29, 0.717) is 18.4 Å². The third-order valence-corrected chi connectivity index (χ3v) is 4.88. The van der Waals surface area contributed by atoms with Gasteiger partial charge in [-0.1, -0.05) is 19.1 Å². The number of halogens is 1. The molecule has 1 unspecified atom stereocenters. The number of para-hydroxylation sites is 1. The van der Waals surface area contributed by atoms with Gasteiger partial charge < -0.3 is 10.2 Å². The molecule has 1 aliphatic rings.